The number of carbonyl (C=O) groups is 1. The van der Waals surface area contributed by atoms with Crippen molar-refractivity contribution < 1.29 is 27.4 Å². The normalized spacial score (nSPS) is 11.1. The average molecular weight is 471 g/mol. The highest BCUT2D eigenvalue weighted by molar-refractivity contribution is 7.92. The molecule has 172 valence electrons. The van der Waals surface area contributed by atoms with Gasteiger partial charge in [-0.25, -0.2) is 18.4 Å². The highest BCUT2D eigenvalue weighted by Crippen LogP contribution is 2.28. The number of sulfonamides is 1. The van der Waals surface area contributed by atoms with Gasteiger partial charge in [0.1, 0.15) is 0 Å². The summed E-state index contributed by atoms with van der Waals surface area (Å²) in [5, 5.41) is 2.67. The van der Waals surface area contributed by atoms with Crippen molar-refractivity contribution in [2.75, 3.05) is 31.4 Å². The first kappa shape index (κ1) is 23.5. The molecule has 0 bridgehead atoms. The minimum Gasteiger partial charge on any atom is -0.493 e. The van der Waals surface area contributed by atoms with Crippen LogP contribution < -0.4 is 24.2 Å². The summed E-state index contributed by atoms with van der Waals surface area (Å²) in [5.41, 5.74) is 1.17. The van der Waals surface area contributed by atoms with Crippen molar-refractivity contribution in [2.24, 2.45) is 0 Å². The summed E-state index contributed by atoms with van der Waals surface area (Å²) in [6.07, 6.45) is 5.70. The Hall–Kier alpha value is -4.12. The molecular weight excluding hydrogens is 448 g/mol. The van der Waals surface area contributed by atoms with Crippen molar-refractivity contribution in [3.63, 3.8) is 0 Å². The first-order valence-electron chi connectivity index (χ1n) is 9.55. The number of benzene rings is 2. The van der Waals surface area contributed by atoms with E-state index < -0.39 is 10.0 Å². The molecule has 0 fully saturated rings. The van der Waals surface area contributed by atoms with Crippen molar-refractivity contribution >= 4 is 33.5 Å². The third kappa shape index (κ3) is 5.98. The number of nitrogens with one attached hydrogen (secondary N) is 2. The Bertz CT molecular complexity index is 1260. The van der Waals surface area contributed by atoms with Gasteiger partial charge in [-0.15, -0.1) is 0 Å². The molecule has 0 spiro atoms. The lowest BCUT2D eigenvalue weighted by molar-refractivity contribution is -0.111. The Morgan fingerprint density at radius 3 is 2.27 bits per heavy atom. The van der Waals surface area contributed by atoms with Gasteiger partial charge in [-0.05, 0) is 48.0 Å². The Labute approximate surface area is 191 Å². The monoisotopic (exact) mass is 470 g/mol. The predicted octanol–water partition coefficient (Wildman–Crippen LogP) is 2.96. The zero-order valence-electron chi connectivity index (χ0n) is 18.1. The van der Waals surface area contributed by atoms with E-state index in [1.165, 1.54) is 57.0 Å². The maximum Gasteiger partial charge on any atom is 0.263 e. The Kier molecular flexibility index (Phi) is 7.46. The van der Waals surface area contributed by atoms with Crippen LogP contribution >= 0.6 is 0 Å². The quantitative estimate of drug-likeness (QED) is 0.457. The lowest BCUT2D eigenvalue weighted by atomic mass is 10.2. The molecule has 3 aromatic rings. The van der Waals surface area contributed by atoms with Gasteiger partial charge in [0.15, 0.2) is 11.5 Å². The third-order valence-corrected chi connectivity index (χ3v) is 5.71. The number of amides is 1. The van der Waals surface area contributed by atoms with E-state index in [-0.39, 0.29) is 22.5 Å². The Balaban J connectivity index is 1.66. The van der Waals surface area contributed by atoms with Gasteiger partial charge >= 0.3 is 0 Å². The molecule has 33 heavy (non-hydrogen) atoms. The van der Waals surface area contributed by atoms with E-state index in [9.17, 15) is 13.2 Å². The second-order valence-electron chi connectivity index (χ2n) is 6.48. The number of hydrogen-bond donors (Lipinski definition) is 2. The second kappa shape index (κ2) is 10.5. The fourth-order valence-corrected chi connectivity index (χ4v) is 3.77. The molecule has 0 radical (unpaired) electrons. The molecule has 3 rings (SSSR count). The van der Waals surface area contributed by atoms with E-state index in [4.69, 9.17) is 14.2 Å². The fraction of sp³-hybridized carbons (Fsp3) is 0.136. The van der Waals surface area contributed by atoms with Crippen LogP contribution in [0.4, 0.5) is 11.5 Å². The number of aromatic nitrogens is 2. The van der Waals surface area contributed by atoms with Crippen LogP contribution in [0, 0.1) is 0 Å². The van der Waals surface area contributed by atoms with Gasteiger partial charge in [-0.3, -0.25) is 9.52 Å². The van der Waals surface area contributed by atoms with E-state index in [0.29, 0.717) is 17.2 Å². The van der Waals surface area contributed by atoms with Crippen molar-refractivity contribution in [3.8, 4) is 17.4 Å². The lowest BCUT2D eigenvalue weighted by Gasteiger charge is -2.10. The topological polar surface area (TPSA) is 129 Å². The highest BCUT2D eigenvalue weighted by Gasteiger charge is 2.18. The number of rotatable bonds is 9. The largest absolute Gasteiger partial charge is 0.493 e. The number of ether oxygens (including phenoxy) is 3. The molecule has 1 heterocycles. The number of anilines is 2. The van der Waals surface area contributed by atoms with Crippen molar-refractivity contribution in [2.45, 2.75) is 4.90 Å². The summed E-state index contributed by atoms with van der Waals surface area (Å²) in [6.45, 7) is 0. The molecule has 1 amide bonds. The summed E-state index contributed by atoms with van der Waals surface area (Å²) in [7, 11) is 0.500. The Morgan fingerprint density at radius 1 is 0.909 bits per heavy atom. The van der Waals surface area contributed by atoms with Crippen molar-refractivity contribution in [3.05, 3.63) is 66.5 Å². The molecule has 2 aromatic carbocycles. The first-order valence-corrected chi connectivity index (χ1v) is 11.0. The van der Waals surface area contributed by atoms with E-state index >= 15 is 0 Å². The van der Waals surface area contributed by atoms with E-state index in [1.807, 2.05) is 0 Å². The summed E-state index contributed by atoms with van der Waals surface area (Å²) >= 11 is 0. The SMILES string of the molecule is COc1ccc(/C=C/C(=O)Nc2ccc(S(=O)(=O)Nc3nccnc3OC)cc2)cc1OC. The second-order valence-corrected chi connectivity index (χ2v) is 8.16. The van der Waals surface area contributed by atoms with Gasteiger partial charge in [0.05, 0.1) is 26.2 Å². The van der Waals surface area contributed by atoms with Crippen LogP contribution in [-0.4, -0.2) is 45.6 Å². The fourth-order valence-electron chi connectivity index (χ4n) is 2.76. The van der Waals surface area contributed by atoms with Gasteiger partial charge in [0, 0.05) is 24.2 Å². The summed E-state index contributed by atoms with van der Waals surface area (Å²) in [6, 6.07) is 10.9. The van der Waals surface area contributed by atoms with E-state index in [2.05, 4.69) is 20.0 Å². The first-order chi connectivity index (χ1) is 15.9. The minimum atomic E-state index is -3.93. The Morgan fingerprint density at radius 2 is 1.61 bits per heavy atom. The molecule has 1 aromatic heterocycles. The smallest absolute Gasteiger partial charge is 0.263 e. The van der Waals surface area contributed by atoms with Gasteiger partial charge in [-0.1, -0.05) is 6.07 Å². The summed E-state index contributed by atoms with van der Waals surface area (Å²) in [4.78, 5) is 20.1. The molecular formula is C22H22N4O6S. The zero-order chi connectivity index (χ0) is 23.8. The van der Waals surface area contributed by atoms with Crippen LogP contribution in [0.3, 0.4) is 0 Å². The maximum atomic E-state index is 12.6. The van der Waals surface area contributed by atoms with Crippen LogP contribution in [0.2, 0.25) is 0 Å². The van der Waals surface area contributed by atoms with E-state index in [1.54, 1.807) is 31.4 Å². The van der Waals surface area contributed by atoms with Crippen LogP contribution in [0.15, 0.2) is 65.8 Å². The molecule has 0 saturated heterocycles. The van der Waals surface area contributed by atoms with Crippen LogP contribution in [0.5, 0.6) is 17.4 Å². The van der Waals surface area contributed by atoms with E-state index in [0.717, 1.165) is 5.56 Å². The molecule has 0 saturated carbocycles. The average Bonchev–Trinajstić information content (AvgIpc) is 2.83. The van der Waals surface area contributed by atoms with Gasteiger partial charge in [-0.2, -0.15) is 0 Å². The maximum absolute atomic E-state index is 12.6. The molecule has 0 aliphatic carbocycles. The number of methoxy groups -OCH3 is 3. The number of hydrogen-bond acceptors (Lipinski definition) is 8. The highest BCUT2D eigenvalue weighted by atomic mass is 32.2. The molecule has 2 N–H and O–H groups in total. The predicted molar refractivity (Wildman–Crippen MR) is 123 cm³/mol. The van der Waals surface area contributed by atoms with Gasteiger partial charge in [0.2, 0.25) is 11.7 Å². The minimum absolute atomic E-state index is 0.0194. The van der Waals surface area contributed by atoms with Gasteiger partial charge in [0.25, 0.3) is 15.9 Å². The van der Waals surface area contributed by atoms with Gasteiger partial charge < -0.3 is 19.5 Å². The lowest BCUT2D eigenvalue weighted by Crippen LogP contribution is -2.15. The van der Waals surface area contributed by atoms with Crippen molar-refractivity contribution in [1.82, 2.24) is 9.97 Å². The molecule has 0 unspecified atom stereocenters. The third-order valence-electron chi connectivity index (χ3n) is 4.36. The standard InChI is InChI=1S/C22H22N4O6S/c1-30-18-10-4-15(14-19(18)31-2)5-11-20(27)25-16-6-8-17(9-7-16)33(28,29)26-21-22(32-3)24-13-12-23-21/h4-14H,1-3H3,(H,23,26)(H,25,27)/b11-5+. The molecule has 10 nitrogen and oxygen atoms in total. The summed E-state index contributed by atoms with van der Waals surface area (Å²) in [5.74, 6) is 0.762. The number of carbonyl (C=O) groups excluding carboxylic acids is 1. The molecule has 0 aliphatic rings. The van der Waals surface area contributed by atoms with Crippen LogP contribution in [0.1, 0.15) is 5.56 Å². The van der Waals surface area contributed by atoms with Crippen LogP contribution in [0.25, 0.3) is 6.08 Å². The number of nitrogens with zero attached hydrogens (tertiary/aromatic N) is 2. The van der Waals surface area contributed by atoms with Crippen LogP contribution in [-0.2, 0) is 14.8 Å². The molecule has 0 aliphatic heterocycles. The molecule has 0 atom stereocenters. The summed E-state index contributed by atoms with van der Waals surface area (Å²) < 4.78 is 43.0. The zero-order valence-corrected chi connectivity index (χ0v) is 18.9. The molecule has 11 heteroatoms. The van der Waals surface area contributed by atoms with Crippen molar-refractivity contribution in [1.29, 1.82) is 0 Å².